The highest BCUT2D eigenvalue weighted by molar-refractivity contribution is 5.87. The molecule has 0 saturated carbocycles. The molecule has 0 aliphatic heterocycles. The second kappa shape index (κ2) is 6.64. The third-order valence-corrected chi connectivity index (χ3v) is 4.64. The number of hydrogen-bond donors (Lipinski definition) is 2. The first kappa shape index (κ1) is 17.5. The first-order valence-electron chi connectivity index (χ1n) is 8.77. The summed E-state index contributed by atoms with van der Waals surface area (Å²) in [6.45, 7) is 6.30. The molecular formula is C21H20N2O4. The molecule has 4 rings (SSSR count). The number of furan rings is 1. The van der Waals surface area contributed by atoms with E-state index < -0.39 is 6.29 Å². The van der Waals surface area contributed by atoms with E-state index in [9.17, 15) is 10.2 Å². The van der Waals surface area contributed by atoms with E-state index in [1.54, 1.807) is 24.3 Å². The van der Waals surface area contributed by atoms with Crippen molar-refractivity contribution in [3.63, 3.8) is 0 Å². The number of aryl methyl sites for hydroxylation is 1. The molecule has 2 heterocycles. The van der Waals surface area contributed by atoms with Crippen LogP contribution in [0.15, 0.2) is 51.4 Å². The van der Waals surface area contributed by atoms with Gasteiger partial charge in [0.2, 0.25) is 5.82 Å². The predicted molar refractivity (Wildman–Crippen MR) is 101 cm³/mol. The molecule has 0 aliphatic rings. The first-order valence-corrected chi connectivity index (χ1v) is 8.77. The Labute approximate surface area is 156 Å². The predicted octanol–water partition coefficient (Wildman–Crippen LogP) is 4.56. The van der Waals surface area contributed by atoms with Gasteiger partial charge in [0, 0.05) is 16.5 Å². The van der Waals surface area contributed by atoms with E-state index in [0.717, 1.165) is 16.5 Å². The lowest BCUT2D eigenvalue weighted by molar-refractivity contribution is -0.0424. The van der Waals surface area contributed by atoms with Crippen LogP contribution < -0.4 is 0 Å². The fourth-order valence-electron chi connectivity index (χ4n) is 3.13. The van der Waals surface area contributed by atoms with Crippen molar-refractivity contribution >= 4 is 11.0 Å². The van der Waals surface area contributed by atoms with Crippen molar-refractivity contribution in [1.29, 1.82) is 0 Å². The van der Waals surface area contributed by atoms with Gasteiger partial charge in [-0.1, -0.05) is 55.4 Å². The molecule has 0 saturated heterocycles. The summed E-state index contributed by atoms with van der Waals surface area (Å²) in [5, 5.41) is 23.4. The van der Waals surface area contributed by atoms with E-state index in [-0.39, 0.29) is 0 Å². The van der Waals surface area contributed by atoms with E-state index in [4.69, 9.17) is 8.94 Å². The van der Waals surface area contributed by atoms with E-state index in [2.05, 4.69) is 36.1 Å². The molecule has 138 valence electrons. The van der Waals surface area contributed by atoms with E-state index in [1.165, 1.54) is 5.56 Å². The average molecular weight is 364 g/mol. The van der Waals surface area contributed by atoms with Gasteiger partial charge >= 0.3 is 0 Å². The quantitative estimate of drug-likeness (QED) is 0.516. The Morgan fingerprint density at radius 1 is 1.00 bits per heavy atom. The standard InChI is InChI=1S/C21H20N2O4/c1-11(2)15-9-4-12(3)18-16(15)10-17(26-18)20-22-19(23-27-20)13-5-7-14(8-6-13)21(24)25/h4-11,21,24-25H,1-3H3. The molecule has 0 radical (unpaired) electrons. The van der Waals surface area contributed by atoms with Gasteiger partial charge in [0.25, 0.3) is 5.89 Å². The summed E-state index contributed by atoms with van der Waals surface area (Å²) in [5.74, 6) is 1.62. The zero-order chi connectivity index (χ0) is 19.1. The van der Waals surface area contributed by atoms with E-state index >= 15 is 0 Å². The fourth-order valence-corrected chi connectivity index (χ4v) is 3.13. The van der Waals surface area contributed by atoms with Crippen molar-refractivity contribution in [2.24, 2.45) is 0 Å². The minimum Gasteiger partial charge on any atom is -0.451 e. The summed E-state index contributed by atoms with van der Waals surface area (Å²) in [4.78, 5) is 4.43. The van der Waals surface area contributed by atoms with Crippen LogP contribution in [0, 0.1) is 6.92 Å². The first-order chi connectivity index (χ1) is 12.9. The number of fused-ring (bicyclic) bond motifs is 1. The Balaban J connectivity index is 1.73. The van der Waals surface area contributed by atoms with E-state index in [0.29, 0.717) is 34.5 Å². The van der Waals surface area contributed by atoms with Crippen LogP contribution in [-0.4, -0.2) is 20.4 Å². The molecule has 6 heteroatoms. The third kappa shape index (κ3) is 3.13. The highest BCUT2D eigenvalue weighted by Crippen LogP contribution is 2.34. The molecule has 0 unspecified atom stereocenters. The maximum atomic E-state index is 9.18. The molecule has 2 aromatic heterocycles. The van der Waals surface area contributed by atoms with Gasteiger partial charge in [-0.25, -0.2) is 0 Å². The van der Waals surface area contributed by atoms with Crippen molar-refractivity contribution in [3.05, 3.63) is 59.2 Å². The lowest BCUT2D eigenvalue weighted by Gasteiger charge is -2.07. The maximum absolute atomic E-state index is 9.18. The molecule has 27 heavy (non-hydrogen) atoms. The largest absolute Gasteiger partial charge is 0.451 e. The Morgan fingerprint density at radius 2 is 1.74 bits per heavy atom. The van der Waals surface area contributed by atoms with Gasteiger partial charge < -0.3 is 19.2 Å². The average Bonchev–Trinajstić information content (AvgIpc) is 3.29. The topological polar surface area (TPSA) is 92.5 Å². The van der Waals surface area contributed by atoms with Crippen molar-refractivity contribution in [1.82, 2.24) is 10.1 Å². The Bertz CT molecular complexity index is 1090. The number of aliphatic hydroxyl groups excluding tert-OH is 1. The van der Waals surface area contributed by atoms with Gasteiger partial charge in [-0.2, -0.15) is 4.98 Å². The van der Waals surface area contributed by atoms with Crippen LogP contribution in [-0.2, 0) is 0 Å². The van der Waals surface area contributed by atoms with Crippen molar-refractivity contribution < 1.29 is 19.2 Å². The van der Waals surface area contributed by atoms with Crippen LogP contribution in [0.3, 0.4) is 0 Å². The molecule has 2 aromatic carbocycles. The Hall–Kier alpha value is -2.96. The van der Waals surface area contributed by atoms with Crippen LogP contribution >= 0.6 is 0 Å². The zero-order valence-electron chi connectivity index (χ0n) is 15.3. The normalized spacial score (nSPS) is 11.8. The monoisotopic (exact) mass is 364 g/mol. The number of benzene rings is 2. The van der Waals surface area contributed by atoms with Gasteiger partial charge in [0.15, 0.2) is 12.1 Å². The minimum atomic E-state index is -1.51. The molecule has 6 nitrogen and oxygen atoms in total. The van der Waals surface area contributed by atoms with Crippen molar-refractivity contribution in [2.45, 2.75) is 33.0 Å². The molecule has 0 fully saturated rings. The lowest BCUT2D eigenvalue weighted by Crippen LogP contribution is -1.94. The zero-order valence-corrected chi connectivity index (χ0v) is 15.3. The highest BCUT2D eigenvalue weighted by Gasteiger charge is 2.18. The van der Waals surface area contributed by atoms with Crippen LogP contribution in [0.25, 0.3) is 34.0 Å². The molecule has 0 aliphatic carbocycles. The minimum absolute atomic E-state index is 0.307. The molecular weight excluding hydrogens is 344 g/mol. The van der Waals surface area contributed by atoms with Gasteiger partial charge in [-0.15, -0.1) is 0 Å². The van der Waals surface area contributed by atoms with Gasteiger partial charge in [-0.05, 0) is 30.0 Å². The van der Waals surface area contributed by atoms with Crippen LogP contribution in [0.5, 0.6) is 0 Å². The third-order valence-electron chi connectivity index (χ3n) is 4.64. The smallest absolute Gasteiger partial charge is 0.293 e. The highest BCUT2D eigenvalue weighted by atomic mass is 16.5. The van der Waals surface area contributed by atoms with Crippen LogP contribution in [0.1, 0.15) is 42.7 Å². The van der Waals surface area contributed by atoms with Crippen molar-refractivity contribution in [2.75, 3.05) is 0 Å². The summed E-state index contributed by atoms with van der Waals surface area (Å²) in [6, 6.07) is 12.8. The van der Waals surface area contributed by atoms with Crippen molar-refractivity contribution in [3.8, 4) is 23.0 Å². The molecule has 0 spiro atoms. The number of rotatable bonds is 4. The fraction of sp³-hybridized carbons (Fsp3) is 0.238. The van der Waals surface area contributed by atoms with Gasteiger partial charge in [0.1, 0.15) is 5.58 Å². The summed E-state index contributed by atoms with van der Waals surface area (Å²) < 4.78 is 11.4. The Kier molecular flexibility index (Phi) is 4.30. The number of hydrogen-bond acceptors (Lipinski definition) is 6. The maximum Gasteiger partial charge on any atom is 0.293 e. The number of aliphatic hydroxyl groups is 2. The van der Waals surface area contributed by atoms with Gasteiger partial charge in [-0.3, -0.25) is 0 Å². The summed E-state index contributed by atoms with van der Waals surface area (Å²) in [6.07, 6.45) is -1.51. The molecule has 0 bridgehead atoms. The lowest BCUT2D eigenvalue weighted by atomic mass is 9.97. The second-order valence-electron chi connectivity index (χ2n) is 6.90. The van der Waals surface area contributed by atoms with E-state index in [1.807, 2.05) is 13.0 Å². The Morgan fingerprint density at radius 3 is 2.41 bits per heavy atom. The summed E-state index contributed by atoms with van der Waals surface area (Å²) in [7, 11) is 0. The number of nitrogens with zero attached hydrogens (tertiary/aromatic N) is 2. The van der Waals surface area contributed by atoms with Gasteiger partial charge in [0.05, 0.1) is 0 Å². The van der Waals surface area contributed by atoms with Crippen LogP contribution in [0.2, 0.25) is 0 Å². The molecule has 2 N–H and O–H groups in total. The molecule has 0 atom stereocenters. The second-order valence-corrected chi connectivity index (χ2v) is 6.90. The summed E-state index contributed by atoms with van der Waals surface area (Å²) >= 11 is 0. The molecule has 4 aromatic rings. The SMILES string of the molecule is Cc1ccc(C(C)C)c2cc(-c3nc(-c4ccc(C(O)O)cc4)no3)oc12. The van der Waals surface area contributed by atoms with Crippen LogP contribution in [0.4, 0.5) is 0 Å². The summed E-state index contributed by atoms with van der Waals surface area (Å²) in [5.41, 5.74) is 4.21. The number of aromatic nitrogens is 2. The molecule has 0 amide bonds.